The van der Waals surface area contributed by atoms with Crippen molar-refractivity contribution in [3.05, 3.63) is 89.0 Å². The van der Waals surface area contributed by atoms with Gasteiger partial charge < -0.3 is 10.6 Å². The molecular formula is C23H16F2N4. The third-order valence-corrected chi connectivity index (χ3v) is 4.19. The normalized spacial score (nSPS) is 10.4. The molecule has 0 bridgehead atoms. The minimum absolute atomic E-state index is 0.214. The molecule has 0 spiro atoms. The van der Waals surface area contributed by atoms with Gasteiger partial charge in [0, 0.05) is 17.5 Å². The molecule has 0 aromatic heterocycles. The Hall–Kier alpha value is -4.16. The Kier molecular flexibility index (Phi) is 5.87. The molecule has 0 aliphatic carbocycles. The molecule has 0 aliphatic heterocycles. The lowest BCUT2D eigenvalue weighted by molar-refractivity contribution is 0.630. The number of benzene rings is 3. The van der Waals surface area contributed by atoms with E-state index in [1.54, 1.807) is 37.3 Å². The van der Waals surface area contributed by atoms with E-state index in [0.717, 1.165) is 0 Å². The predicted octanol–water partition coefficient (Wildman–Crippen LogP) is 6.17. The number of anilines is 4. The van der Waals surface area contributed by atoms with Crippen LogP contribution >= 0.6 is 0 Å². The number of aryl methyl sites for hydroxylation is 1. The SMILES string of the molecule is Cc1cc(/C=C/C#N)cc(F)c1Nc1ccc(F)c(Nc2ccc(C#N)cc2)c1. The van der Waals surface area contributed by atoms with Gasteiger partial charge in [-0.3, -0.25) is 0 Å². The lowest BCUT2D eigenvalue weighted by atomic mass is 10.1. The maximum absolute atomic E-state index is 14.5. The third kappa shape index (κ3) is 4.77. The summed E-state index contributed by atoms with van der Waals surface area (Å²) in [4.78, 5) is 0. The molecule has 0 atom stereocenters. The highest BCUT2D eigenvalue weighted by Crippen LogP contribution is 2.29. The Morgan fingerprint density at radius 3 is 2.24 bits per heavy atom. The topological polar surface area (TPSA) is 71.6 Å². The van der Waals surface area contributed by atoms with Crippen molar-refractivity contribution >= 4 is 28.8 Å². The Morgan fingerprint density at radius 1 is 0.862 bits per heavy atom. The Morgan fingerprint density at radius 2 is 1.59 bits per heavy atom. The number of hydrogen-bond donors (Lipinski definition) is 2. The van der Waals surface area contributed by atoms with Crippen molar-refractivity contribution in [2.24, 2.45) is 0 Å². The third-order valence-electron chi connectivity index (χ3n) is 4.19. The lowest BCUT2D eigenvalue weighted by Crippen LogP contribution is -2.00. The highest BCUT2D eigenvalue weighted by Gasteiger charge is 2.10. The van der Waals surface area contributed by atoms with Crippen molar-refractivity contribution in [3.63, 3.8) is 0 Å². The molecule has 2 N–H and O–H groups in total. The molecule has 3 aromatic rings. The average molecular weight is 386 g/mol. The summed E-state index contributed by atoms with van der Waals surface area (Å²) < 4.78 is 28.7. The number of nitrogens with one attached hydrogen (secondary N) is 2. The van der Waals surface area contributed by atoms with Crippen molar-refractivity contribution in [3.8, 4) is 12.1 Å². The van der Waals surface area contributed by atoms with Crippen LogP contribution in [0, 0.1) is 41.2 Å². The molecule has 3 rings (SSSR count). The second kappa shape index (κ2) is 8.69. The van der Waals surface area contributed by atoms with Gasteiger partial charge in [0.2, 0.25) is 0 Å². The zero-order valence-corrected chi connectivity index (χ0v) is 15.5. The molecule has 0 amide bonds. The summed E-state index contributed by atoms with van der Waals surface area (Å²) in [7, 11) is 0. The van der Waals surface area contributed by atoms with E-state index in [1.807, 2.05) is 12.1 Å². The van der Waals surface area contributed by atoms with Crippen LogP contribution in [0.4, 0.5) is 31.5 Å². The minimum atomic E-state index is -0.478. The summed E-state index contributed by atoms with van der Waals surface area (Å²) in [6.45, 7) is 1.74. The highest BCUT2D eigenvalue weighted by molar-refractivity contribution is 5.71. The molecule has 6 heteroatoms. The van der Waals surface area contributed by atoms with Gasteiger partial charge >= 0.3 is 0 Å². The molecule has 3 aromatic carbocycles. The fraction of sp³-hybridized carbons (Fsp3) is 0.0435. The van der Waals surface area contributed by atoms with Crippen LogP contribution in [-0.4, -0.2) is 0 Å². The van der Waals surface area contributed by atoms with Crippen LogP contribution < -0.4 is 10.6 Å². The molecular weight excluding hydrogens is 370 g/mol. The van der Waals surface area contributed by atoms with E-state index >= 15 is 0 Å². The van der Waals surface area contributed by atoms with Crippen molar-refractivity contribution < 1.29 is 8.78 Å². The van der Waals surface area contributed by atoms with Gasteiger partial charge in [-0.15, -0.1) is 0 Å². The van der Waals surface area contributed by atoms with Crippen LogP contribution in [-0.2, 0) is 0 Å². The summed E-state index contributed by atoms with van der Waals surface area (Å²) in [6, 6.07) is 17.9. The maximum atomic E-state index is 14.5. The zero-order valence-electron chi connectivity index (χ0n) is 15.5. The monoisotopic (exact) mass is 386 g/mol. The fourth-order valence-corrected chi connectivity index (χ4v) is 2.79. The van der Waals surface area contributed by atoms with E-state index in [0.29, 0.717) is 28.1 Å². The predicted molar refractivity (Wildman–Crippen MR) is 110 cm³/mol. The molecule has 0 unspecified atom stereocenters. The second-order valence-corrected chi connectivity index (χ2v) is 6.29. The van der Waals surface area contributed by atoms with E-state index < -0.39 is 11.6 Å². The average Bonchev–Trinajstić information content (AvgIpc) is 2.72. The van der Waals surface area contributed by atoms with E-state index in [2.05, 4.69) is 10.6 Å². The fourth-order valence-electron chi connectivity index (χ4n) is 2.79. The number of rotatable bonds is 5. The van der Waals surface area contributed by atoms with E-state index in [1.165, 1.54) is 36.4 Å². The van der Waals surface area contributed by atoms with Crippen molar-refractivity contribution in [2.75, 3.05) is 10.6 Å². The van der Waals surface area contributed by atoms with Gasteiger partial charge in [0.15, 0.2) is 0 Å². The first-order valence-corrected chi connectivity index (χ1v) is 8.70. The lowest BCUT2D eigenvalue weighted by Gasteiger charge is -2.14. The van der Waals surface area contributed by atoms with Crippen molar-refractivity contribution in [2.45, 2.75) is 6.92 Å². The quantitative estimate of drug-likeness (QED) is 0.515. The molecule has 29 heavy (non-hydrogen) atoms. The van der Waals surface area contributed by atoms with Gasteiger partial charge in [0.25, 0.3) is 0 Å². The Bertz CT molecular complexity index is 1130. The first kappa shape index (κ1) is 19.6. The van der Waals surface area contributed by atoms with Crippen LogP contribution in [0.5, 0.6) is 0 Å². The Labute approximate surface area is 167 Å². The van der Waals surface area contributed by atoms with Gasteiger partial charge in [-0.25, -0.2) is 8.78 Å². The molecule has 0 saturated heterocycles. The van der Waals surface area contributed by atoms with E-state index in [-0.39, 0.29) is 11.4 Å². The number of halogens is 2. The van der Waals surface area contributed by atoms with Crippen LogP contribution in [0.1, 0.15) is 16.7 Å². The first-order chi connectivity index (χ1) is 14.0. The summed E-state index contributed by atoms with van der Waals surface area (Å²) >= 11 is 0. The van der Waals surface area contributed by atoms with Gasteiger partial charge in [-0.05, 0) is 78.7 Å². The molecule has 0 saturated carbocycles. The van der Waals surface area contributed by atoms with Crippen LogP contribution in [0.25, 0.3) is 6.08 Å². The highest BCUT2D eigenvalue weighted by atomic mass is 19.1. The zero-order chi connectivity index (χ0) is 20.8. The van der Waals surface area contributed by atoms with Crippen molar-refractivity contribution in [1.82, 2.24) is 0 Å². The summed E-state index contributed by atoms with van der Waals surface area (Å²) in [6.07, 6.45) is 2.81. The number of nitriles is 2. The molecule has 0 heterocycles. The summed E-state index contributed by atoms with van der Waals surface area (Å²) in [5, 5.41) is 23.4. The van der Waals surface area contributed by atoms with Gasteiger partial charge in [0.1, 0.15) is 11.6 Å². The second-order valence-electron chi connectivity index (χ2n) is 6.29. The number of nitrogens with zero attached hydrogens (tertiary/aromatic N) is 2. The Balaban J connectivity index is 1.85. The van der Waals surface area contributed by atoms with Crippen LogP contribution in [0.15, 0.2) is 60.7 Å². The molecule has 142 valence electrons. The number of allylic oxidation sites excluding steroid dienone is 1. The summed E-state index contributed by atoms with van der Waals surface area (Å²) in [5.41, 5.74) is 3.34. The van der Waals surface area contributed by atoms with Crippen molar-refractivity contribution in [1.29, 1.82) is 10.5 Å². The van der Waals surface area contributed by atoms with Gasteiger partial charge in [0.05, 0.1) is 29.1 Å². The molecule has 0 fully saturated rings. The standard InChI is InChI=1S/C23H16F2N4/c1-15-11-17(3-2-10-26)12-21(25)23(15)29-19-8-9-20(24)22(13-19)28-18-6-4-16(14-27)5-7-18/h2-9,11-13,28-29H,1H3/b3-2+. The van der Waals surface area contributed by atoms with E-state index in [4.69, 9.17) is 10.5 Å². The maximum Gasteiger partial charge on any atom is 0.147 e. The molecule has 0 aliphatic rings. The first-order valence-electron chi connectivity index (χ1n) is 8.70. The largest absolute Gasteiger partial charge is 0.353 e. The number of hydrogen-bond acceptors (Lipinski definition) is 4. The smallest absolute Gasteiger partial charge is 0.147 e. The van der Waals surface area contributed by atoms with Crippen LogP contribution in [0.3, 0.4) is 0 Å². The van der Waals surface area contributed by atoms with Gasteiger partial charge in [-0.1, -0.05) is 0 Å². The molecule has 4 nitrogen and oxygen atoms in total. The van der Waals surface area contributed by atoms with Crippen LogP contribution in [0.2, 0.25) is 0 Å². The summed E-state index contributed by atoms with van der Waals surface area (Å²) in [5.74, 6) is -0.942. The molecule has 0 radical (unpaired) electrons. The van der Waals surface area contributed by atoms with Gasteiger partial charge in [-0.2, -0.15) is 10.5 Å². The minimum Gasteiger partial charge on any atom is -0.353 e. The van der Waals surface area contributed by atoms with E-state index in [9.17, 15) is 8.78 Å².